The summed E-state index contributed by atoms with van der Waals surface area (Å²) in [6.07, 6.45) is 0. The van der Waals surface area contributed by atoms with E-state index in [1.807, 2.05) is 13.8 Å². The van der Waals surface area contributed by atoms with Crippen LogP contribution in [0, 0.1) is 0 Å². The first kappa shape index (κ1) is 13.9. The molecule has 1 rings (SSSR count). The Morgan fingerprint density at radius 1 is 1.25 bits per heavy atom. The largest absolute Gasteiger partial charge is 0.394 e. The molecule has 0 radical (unpaired) electrons. The Labute approximate surface area is 83.9 Å². The summed E-state index contributed by atoms with van der Waals surface area (Å²) < 4.78 is 0. The minimum atomic E-state index is 0. The number of hydrogen-bond donors (Lipinski definition) is 3. The van der Waals surface area contributed by atoms with Gasteiger partial charge in [-0.25, -0.2) is 0 Å². The van der Waals surface area contributed by atoms with E-state index in [4.69, 9.17) is 11.5 Å². The van der Waals surface area contributed by atoms with Gasteiger partial charge in [0.2, 0.25) is 0 Å². The summed E-state index contributed by atoms with van der Waals surface area (Å²) in [6, 6.07) is 0. The highest BCUT2D eigenvalue weighted by Crippen LogP contribution is 2.22. The third-order valence-electron chi connectivity index (χ3n) is 1.41. The van der Waals surface area contributed by atoms with Gasteiger partial charge in [0.1, 0.15) is 5.82 Å². The fraction of sp³-hybridized carbons (Fsp3) is 0.500. The zero-order valence-electron chi connectivity index (χ0n) is 7.00. The van der Waals surface area contributed by atoms with E-state index in [-0.39, 0.29) is 24.8 Å². The molecule has 6 heteroatoms. The van der Waals surface area contributed by atoms with Crippen LogP contribution in [0.4, 0.5) is 11.5 Å². The van der Waals surface area contributed by atoms with Crippen molar-refractivity contribution in [2.24, 2.45) is 0 Å². The van der Waals surface area contributed by atoms with Crippen molar-refractivity contribution in [1.29, 1.82) is 0 Å². The van der Waals surface area contributed by atoms with Crippen molar-refractivity contribution >= 4 is 36.3 Å². The monoisotopic (exact) mass is 212 g/mol. The highest BCUT2D eigenvalue weighted by atomic mass is 35.5. The molecule has 0 spiro atoms. The maximum Gasteiger partial charge on any atom is 0.142 e. The van der Waals surface area contributed by atoms with Crippen LogP contribution < -0.4 is 11.5 Å². The van der Waals surface area contributed by atoms with E-state index in [0.29, 0.717) is 17.4 Å². The van der Waals surface area contributed by atoms with Gasteiger partial charge < -0.3 is 11.5 Å². The number of H-pyrrole nitrogens is 1. The zero-order valence-corrected chi connectivity index (χ0v) is 8.63. The first-order valence-electron chi connectivity index (χ1n) is 3.22. The van der Waals surface area contributed by atoms with Crippen LogP contribution in [0.1, 0.15) is 25.5 Å². The van der Waals surface area contributed by atoms with Crippen molar-refractivity contribution in [2.45, 2.75) is 19.8 Å². The molecular weight excluding hydrogens is 199 g/mol. The Bertz CT molecular complexity index is 233. The zero-order chi connectivity index (χ0) is 7.72. The molecule has 4 nitrogen and oxygen atoms in total. The van der Waals surface area contributed by atoms with Crippen molar-refractivity contribution in [1.82, 2.24) is 10.2 Å². The second-order valence-electron chi connectivity index (χ2n) is 2.59. The molecule has 72 valence electrons. The number of aromatic amines is 1. The Kier molecular flexibility index (Phi) is 5.94. The van der Waals surface area contributed by atoms with Crippen molar-refractivity contribution in [3.8, 4) is 0 Å². The fourth-order valence-corrected chi connectivity index (χ4v) is 0.819. The molecule has 0 aliphatic rings. The minimum Gasteiger partial charge on any atom is -0.394 e. The van der Waals surface area contributed by atoms with Gasteiger partial charge >= 0.3 is 0 Å². The number of nitrogen functional groups attached to an aromatic ring is 2. The van der Waals surface area contributed by atoms with Crippen LogP contribution in [0.25, 0.3) is 0 Å². The Balaban J connectivity index is 0. The molecule has 0 unspecified atom stereocenters. The molecule has 0 fully saturated rings. The molecule has 1 aromatic heterocycles. The number of nitrogens with two attached hydrogens (primary N) is 2. The third kappa shape index (κ3) is 2.46. The SMILES string of the molecule is CC(C)c1n[nH]c(N)c1N.Cl.Cl. The Morgan fingerprint density at radius 2 is 1.75 bits per heavy atom. The van der Waals surface area contributed by atoms with E-state index < -0.39 is 0 Å². The van der Waals surface area contributed by atoms with Gasteiger partial charge in [-0.3, -0.25) is 5.10 Å². The van der Waals surface area contributed by atoms with Gasteiger partial charge in [0.25, 0.3) is 0 Å². The molecule has 0 aromatic carbocycles. The lowest BCUT2D eigenvalue weighted by molar-refractivity contribution is 0.813. The van der Waals surface area contributed by atoms with Crippen LogP contribution in [-0.4, -0.2) is 10.2 Å². The van der Waals surface area contributed by atoms with Gasteiger partial charge in [-0.15, -0.1) is 24.8 Å². The van der Waals surface area contributed by atoms with Gasteiger partial charge in [-0.1, -0.05) is 13.8 Å². The van der Waals surface area contributed by atoms with E-state index in [9.17, 15) is 0 Å². The molecule has 12 heavy (non-hydrogen) atoms. The quantitative estimate of drug-likeness (QED) is 0.661. The second-order valence-corrected chi connectivity index (χ2v) is 2.59. The standard InChI is InChI=1S/C6H12N4.2ClH/c1-3(2)5-4(7)6(8)10-9-5;;/h3H,7H2,1-2H3,(H3,8,9,10);2*1H. The van der Waals surface area contributed by atoms with E-state index >= 15 is 0 Å². The van der Waals surface area contributed by atoms with Crippen LogP contribution in [0.3, 0.4) is 0 Å². The van der Waals surface area contributed by atoms with Crippen molar-refractivity contribution in [3.63, 3.8) is 0 Å². The minimum absolute atomic E-state index is 0. The lowest BCUT2D eigenvalue weighted by Crippen LogP contribution is -1.96. The molecule has 0 bridgehead atoms. The molecule has 0 aliphatic carbocycles. The topological polar surface area (TPSA) is 80.7 Å². The third-order valence-corrected chi connectivity index (χ3v) is 1.41. The summed E-state index contributed by atoms with van der Waals surface area (Å²) in [5.41, 5.74) is 12.4. The molecule has 0 saturated carbocycles. The molecule has 0 atom stereocenters. The smallest absolute Gasteiger partial charge is 0.142 e. The summed E-state index contributed by atoms with van der Waals surface area (Å²) in [6.45, 7) is 4.04. The molecule has 5 N–H and O–H groups in total. The second kappa shape index (κ2) is 5.11. The Morgan fingerprint density at radius 3 is 1.92 bits per heavy atom. The lowest BCUT2D eigenvalue weighted by Gasteiger charge is -1.99. The number of rotatable bonds is 1. The number of anilines is 2. The van der Waals surface area contributed by atoms with Crippen LogP contribution >= 0.6 is 24.8 Å². The average Bonchev–Trinajstić information content (AvgIpc) is 2.14. The van der Waals surface area contributed by atoms with Crippen molar-refractivity contribution < 1.29 is 0 Å². The van der Waals surface area contributed by atoms with Gasteiger partial charge in [-0.05, 0) is 5.92 Å². The number of aromatic nitrogens is 2. The van der Waals surface area contributed by atoms with Gasteiger partial charge in [-0.2, -0.15) is 5.10 Å². The summed E-state index contributed by atoms with van der Waals surface area (Å²) in [4.78, 5) is 0. The number of nitrogens with one attached hydrogen (secondary N) is 1. The van der Waals surface area contributed by atoms with Gasteiger partial charge in [0.15, 0.2) is 0 Å². The van der Waals surface area contributed by atoms with E-state index in [1.54, 1.807) is 0 Å². The number of hydrogen-bond acceptors (Lipinski definition) is 3. The van der Waals surface area contributed by atoms with Crippen LogP contribution in [0.2, 0.25) is 0 Å². The Hall–Kier alpha value is -0.610. The number of halogens is 2. The summed E-state index contributed by atoms with van der Waals surface area (Å²) in [5, 5.41) is 6.56. The number of nitrogens with zero attached hydrogens (tertiary/aromatic N) is 1. The van der Waals surface area contributed by atoms with Crippen LogP contribution in [-0.2, 0) is 0 Å². The molecule has 0 saturated heterocycles. The van der Waals surface area contributed by atoms with Crippen molar-refractivity contribution in [2.75, 3.05) is 11.5 Å². The first-order valence-corrected chi connectivity index (χ1v) is 3.22. The van der Waals surface area contributed by atoms with E-state index in [2.05, 4.69) is 10.2 Å². The summed E-state index contributed by atoms with van der Waals surface area (Å²) >= 11 is 0. The fourth-order valence-electron chi connectivity index (χ4n) is 0.819. The maximum atomic E-state index is 5.58. The maximum absolute atomic E-state index is 5.58. The predicted octanol–water partition coefficient (Wildman–Crippen LogP) is 1.54. The van der Waals surface area contributed by atoms with E-state index in [1.165, 1.54) is 0 Å². The van der Waals surface area contributed by atoms with Gasteiger partial charge in [0.05, 0.1) is 11.4 Å². The van der Waals surface area contributed by atoms with Crippen LogP contribution in [0.15, 0.2) is 0 Å². The molecule has 0 aliphatic heterocycles. The van der Waals surface area contributed by atoms with Gasteiger partial charge in [0, 0.05) is 0 Å². The highest BCUT2D eigenvalue weighted by Gasteiger charge is 2.09. The van der Waals surface area contributed by atoms with E-state index in [0.717, 1.165) is 5.69 Å². The molecule has 0 amide bonds. The highest BCUT2D eigenvalue weighted by molar-refractivity contribution is 5.85. The average molecular weight is 213 g/mol. The lowest BCUT2D eigenvalue weighted by atomic mass is 10.1. The molecular formula is C6H14Cl2N4. The normalized spacial score (nSPS) is 8.92. The van der Waals surface area contributed by atoms with Crippen molar-refractivity contribution in [3.05, 3.63) is 5.69 Å². The molecule has 1 aromatic rings. The van der Waals surface area contributed by atoms with Crippen LogP contribution in [0.5, 0.6) is 0 Å². The molecule has 1 heterocycles. The summed E-state index contributed by atoms with van der Waals surface area (Å²) in [5.74, 6) is 0.789. The first-order chi connectivity index (χ1) is 4.63. The summed E-state index contributed by atoms with van der Waals surface area (Å²) in [7, 11) is 0. The predicted molar refractivity (Wildman–Crippen MR) is 56.0 cm³/mol.